The first-order valence-electron chi connectivity index (χ1n) is 5.32. The minimum Gasteiger partial charge on any atom is -0.423 e. The van der Waals surface area contributed by atoms with E-state index in [1.165, 1.54) is 12.1 Å². The molecule has 18 heavy (non-hydrogen) atoms. The largest absolute Gasteiger partial charge is 0.423 e. The van der Waals surface area contributed by atoms with Crippen LogP contribution in [0.15, 0.2) is 48.5 Å². The number of hydrogen-bond acceptors (Lipinski definition) is 2. The fraction of sp³-hybridized carbons (Fsp3) is 0.0714. The zero-order chi connectivity index (χ0) is 13.0. The van der Waals surface area contributed by atoms with Gasteiger partial charge < -0.3 is 4.74 Å². The molecule has 0 fully saturated rings. The Labute approximate surface area is 103 Å². The molecule has 0 aliphatic rings. The van der Waals surface area contributed by atoms with E-state index in [-0.39, 0.29) is 11.3 Å². The predicted octanol–water partition coefficient (Wildman–Crippen LogP) is 3.51. The van der Waals surface area contributed by atoms with Crippen molar-refractivity contribution >= 4 is 5.97 Å². The maximum absolute atomic E-state index is 13.0. The second-order valence-electron chi connectivity index (χ2n) is 3.64. The van der Waals surface area contributed by atoms with Gasteiger partial charge in [-0.25, -0.2) is 13.6 Å². The van der Waals surface area contributed by atoms with Gasteiger partial charge in [-0.2, -0.15) is 0 Å². The van der Waals surface area contributed by atoms with Crippen molar-refractivity contribution < 1.29 is 18.3 Å². The Hall–Kier alpha value is -2.23. The van der Waals surface area contributed by atoms with Crippen molar-refractivity contribution in [1.29, 1.82) is 0 Å². The van der Waals surface area contributed by atoms with E-state index < -0.39 is 18.5 Å². The molecule has 2 aromatic rings. The molecule has 0 aliphatic carbocycles. The number of halogens is 2. The fourth-order valence-corrected chi connectivity index (χ4v) is 1.46. The second-order valence-corrected chi connectivity index (χ2v) is 3.64. The van der Waals surface area contributed by atoms with Crippen LogP contribution in [0.4, 0.5) is 8.78 Å². The summed E-state index contributed by atoms with van der Waals surface area (Å²) in [4.78, 5) is 11.7. The lowest BCUT2D eigenvalue weighted by atomic mass is 10.2. The fourth-order valence-electron chi connectivity index (χ4n) is 1.46. The molecule has 4 heteroatoms. The monoisotopic (exact) mass is 248 g/mol. The molecule has 0 N–H and O–H groups in total. The molecule has 0 unspecified atom stereocenters. The normalized spacial score (nSPS) is 10.1. The van der Waals surface area contributed by atoms with Gasteiger partial charge in [-0.3, -0.25) is 0 Å². The Kier molecular flexibility index (Phi) is 3.67. The highest BCUT2D eigenvalue weighted by molar-refractivity contribution is 5.90. The van der Waals surface area contributed by atoms with Gasteiger partial charge in [0.05, 0.1) is 5.56 Å². The van der Waals surface area contributed by atoms with Crippen LogP contribution in [0.1, 0.15) is 15.9 Å². The summed E-state index contributed by atoms with van der Waals surface area (Å²) in [7, 11) is 0. The summed E-state index contributed by atoms with van der Waals surface area (Å²) >= 11 is 0. The van der Waals surface area contributed by atoms with Crippen LogP contribution in [0, 0.1) is 5.82 Å². The van der Waals surface area contributed by atoms with Crippen molar-refractivity contribution in [3.8, 4) is 5.75 Å². The van der Waals surface area contributed by atoms with Gasteiger partial charge in [0.1, 0.15) is 18.2 Å². The van der Waals surface area contributed by atoms with Gasteiger partial charge in [0.25, 0.3) is 0 Å². The van der Waals surface area contributed by atoms with Gasteiger partial charge in [0.2, 0.25) is 0 Å². The van der Waals surface area contributed by atoms with Crippen LogP contribution < -0.4 is 4.74 Å². The van der Waals surface area contributed by atoms with E-state index in [2.05, 4.69) is 0 Å². The van der Waals surface area contributed by atoms with Crippen LogP contribution in [0.5, 0.6) is 5.75 Å². The highest BCUT2D eigenvalue weighted by Gasteiger charge is 2.10. The number of rotatable bonds is 3. The standard InChI is InChI=1S/C14H10F2O2/c15-9-11-8-12(6-7-13(11)16)18-14(17)10-4-2-1-3-5-10/h1-8H,9H2. The van der Waals surface area contributed by atoms with E-state index in [9.17, 15) is 13.6 Å². The molecule has 0 saturated heterocycles. The van der Waals surface area contributed by atoms with E-state index in [1.807, 2.05) is 0 Å². The summed E-state index contributed by atoms with van der Waals surface area (Å²) < 4.78 is 30.5. The van der Waals surface area contributed by atoms with Crippen molar-refractivity contribution in [3.05, 3.63) is 65.5 Å². The SMILES string of the molecule is O=C(Oc1ccc(F)c(CF)c1)c1ccccc1. The minimum absolute atomic E-state index is 0.123. The summed E-state index contributed by atoms with van der Waals surface area (Å²) in [6, 6.07) is 11.9. The summed E-state index contributed by atoms with van der Waals surface area (Å²) in [5.41, 5.74) is 0.247. The Morgan fingerprint density at radius 1 is 1.11 bits per heavy atom. The maximum Gasteiger partial charge on any atom is 0.343 e. The molecule has 2 nitrogen and oxygen atoms in total. The summed E-state index contributed by atoms with van der Waals surface area (Å²) in [5, 5.41) is 0. The molecule has 0 radical (unpaired) electrons. The van der Waals surface area contributed by atoms with Gasteiger partial charge in [-0.15, -0.1) is 0 Å². The quantitative estimate of drug-likeness (QED) is 0.613. The molecule has 92 valence electrons. The topological polar surface area (TPSA) is 26.3 Å². The van der Waals surface area contributed by atoms with Crippen LogP contribution in [0.2, 0.25) is 0 Å². The molecule has 0 saturated carbocycles. The van der Waals surface area contributed by atoms with Gasteiger partial charge in [-0.1, -0.05) is 18.2 Å². The first-order valence-corrected chi connectivity index (χ1v) is 5.32. The highest BCUT2D eigenvalue weighted by Crippen LogP contribution is 2.19. The average Bonchev–Trinajstić information content (AvgIpc) is 2.42. The zero-order valence-electron chi connectivity index (χ0n) is 9.40. The number of alkyl halides is 1. The Morgan fingerprint density at radius 3 is 2.50 bits per heavy atom. The third-order valence-corrected chi connectivity index (χ3v) is 2.38. The minimum atomic E-state index is -0.942. The zero-order valence-corrected chi connectivity index (χ0v) is 9.40. The number of hydrogen-bond donors (Lipinski definition) is 0. The lowest BCUT2D eigenvalue weighted by molar-refractivity contribution is 0.0734. The molecule has 0 aliphatic heterocycles. The average molecular weight is 248 g/mol. The van der Waals surface area contributed by atoms with E-state index in [1.54, 1.807) is 30.3 Å². The van der Waals surface area contributed by atoms with Crippen molar-refractivity contribution in [2.45, 2.75) is 6.67 Å². The maximum atomic E-state index is 13.0. The first kappa shape index (κ1) is 12.2. The van der Waals surface area contributed by atoms with E-state index in [0.717, 1.165) is 6.07 Å². The first-order chi connectivity index (χ1) is 8.70. The number of carbonyl (C=O) groups excluding carboxylic acids is 1. The molecule has 0 atom stereocenters. The lowest BCUT2D eigenvalue weighted by Gasteiger charge is -2.05. The Bertz CT molecular complexity index is 553. The van der Waals surface area contributed by atoms with Gasteiger partial charge in [0.15, 0.2) is 0 Å². The van der Waals surface area contributed by atoms with Crippen LogP contribution in [-0.2, 0) is 6.67 Å². The van der Waals surface area contributed by atoms with Crippen LogP contribution in [0.3, 0.4) is 0 Å². The highest BCUT2D eigenvalue weighted by atomic mass is 19.1. The number of carbonyl (C=O) groups is 1. The molecule has 0 aromatic heterocycles. The van der Waals surface area contributed by atoms with Crippen molar-refractivity contribution in [2.75, 3.05) is 0 Å². The van der Waals surface area contributed by atoms with E-state index >= 15 is 0 Å². The number of ether oxygens (including phenoxy) is 1. The van der Waals surface area contributed by atoms with Crippen LogP contribution >= 0.6 is 0 Å². The molecule has 2 aromatic carbocycles. The molecular weight excluding hydrogens is 238 g/mol. The van der Waals surface area contributed by atoms with Crippen molar-refractivity contribution in [2.24, 2.45) is 0 Å². The van der Waals surface area contributed by atoms with Crippen LogP contribution in [0.25, 0.3) is 0 Å². The summed E-state index contributed by atoms with van der Waals surface area (Å²) in [5.74, 6) is -1.10. The third kappa shape index (κ3) is 2.71. The third-order valence-electron chi connectivity index (χ3n) is 2.38. The van der Waals surface area contributed by atoms with Crippen molar-refractivity contribution in [3.63, 3.8) is 0 Å². The Morgan fingerprint density at radius 2 is 1.83 bits per heavy atom. The molecule has 0 spiro atoms. The summed E-state index contributed by atoms with van der Waals surface area (Å²) in [6.07, 6.45) is 0. The molecule has 0 bridgehead atoms. The predicted molar refractivity (Wildman–Crippen MR) is 62.6 cm³/mol. The smallest absolute Gasteiger partial charge is 0.343 e. The summed E-state index contributed by atoms with van der Waals surface area (Å²) in [6.45, 7) is -0.942. The number of esters is 1. The van der Waals surface area contributed by atoms with E-state index in [0.29, 0.717) is 5.56 Å². The molecule has 0 heterocycles. The van der Waals surface area contributed by atoms with Gasteiger partial charge in [-0.05, 0) is 30.3 Å². The number of benzene rings is 2. The Balaban J connectivity index is 2.17. The van der Waals surface area contributed by atoms with Gasteiger partial charge in [0, 0.05) is 5.56 Å². The lowest BCUT2D eigenvalue weighted by Crippen LogP contribution is -2.08. The molecular formula is C14H10F2O2. The van der Waals surface area contributed by atoms with Crippen LogP contribution in [-0.4, -0.2) is 5.97 Å². The van der Waals surface area contributed by atoms with Gasteiger partial charge >= 0.3 is 5.97 Å². The second kappa shape index (κ2) is 5.40. The molecule has 2 rings (SSSR count). The van der Waals surface area contributed by atoms with Crippen molar-refractivity contribution in [1.82, 2.24) is 0 Å². The molecule has 0 amide bonds. The van der Waals surface area contributed by atoms with E-state index in [4.69, 9.17) is 4.74 Å².